The number of fused-ring (bicyclic) bond motifs is 1. The SMILES string of the molecule is CN1C(=O)C2C(SCc3ccccn3)=NC(C3CC3)=NC2=[N+](C)C1=O. The van der Waals surface area contributed by atoms with Crippen molar-refractivity contribution in [2.75, 3.05) is 14.1 Å². The van der Waals surface area contributed by atoms with E-state index in [-0.39, 0.29) is 11.9 Å². The molecule has 0 radical (unpaired) electrons. The molecule has 3 amide bonds. The quantitative estimate of drug-likeness (QED) is 0.774. The third-order valence-electron chi connectivity index (χ3n) is 4.49. The summed E-state index contributed by atoms with van der Waals surface area (Å²) in [5.41, 5.74) is 0.924. The number of amides is 3. The molecule has 0 saturated heterocycles. The number of imide groups is 1. The molecule has 3 heterocycles. The summed E-state index contributed by atoms with van der Waals surface area (Å²) in [5.74, 6) is 1.32. The summed E-state index contributed by atoms with van der Waals surface area (Å²) in [6.45, 7) is 0. The third-order valence-corrected chi connectivity index (χ3v) is 5.55. The predicted octanol–water partition coefficient (Wildman–Crippen LogP) is 1.78. The monoisotopic (exact) mass is 356 g/mol. The lowest BCUT2D eigenvalue weighted by Gasteiger charge is -2.26. The van der Waals surface area contributed by atoms with Gasteiger partial charge in [0, 0.05) is 17.9 Å². The molecule has 1 saturated carbocycles. The first-order valence-corrected chi connectivity index (χ1v) is 9.17. The first-order valence-electron chi connectivity index (χ1n) is 8.18. The van der Waals surface area contributed by atoms with Gasteiger partial charge in [-0.15, -0.1) is 11.8 Å². The van der Waals surface area contributed by atoms with Gasteiger partial charge >= 0.3 is 11.9 Å². The molecule has 2 aliphatic heterocycles. The van der Waals surface area contributed by atoms with Gasteiger partial charge < -0.3 is 0 Å². The smallest absolute Gasteiger partial charge is 0.260 e. The van der Waals surface area contributed by atoms with Crippen LogP contribution in [0.3, 0.4) is 0 Å². The summed E-state index contributed by atoms with van der Waals surface area (Å²) in [4.78, 5) is 39.7. The Kier molecular flexibility index (Phi) is 3.99. The molecule has 4 rings (SSSR count). The largest absolute Gasteiger partial charge is 0.445 e. The van der Waals surface area contributed by atoms with Crippen molar-refractivity contribution in [1.82, 2.24) is 9.88 Å². The van der Waals surface area contributed by atoms with Crippen LogP contribution in [0.25, 0.3) is 0 Å². The number of aromatic nitrogens is 1. The molecular formula is C17H18N5O2S+. The summed E-state index contributed by atoms with van der Waals surface area (Å²) in [5, 5.41) is 0.703. The summed E-state index contributed by atoms with van der Waals surface area (Å²) in [7, 11) is 3.16. The van der Waals surface area contributed by atoms with Crippen molar-refractivity contribution in [3.05, 3.63) is 30.1 Å². The molecule has 0 N–H and O–H groups in total. The maximum Gasteiger partial charge on any atom is 0.445 e. The van der Waals surface area contributed by atoms with Crippen LogP contribution in [0, 0.1) is 11.8 Å². The Bertz CT molecular complexity index is 842. The van der Waals surface area contributed by atoms with E-state index in [1.807, 2.05) is 18.2 Å². The van der Waals surface area contributed by atoms with E-state index in [1.54, 1.807) is 13.2 Å². The van der Waals surface area contributed by atoms with Crippen LogP contribution >= 0.6 is 11.8 Å². The minimum Gasteiger partial charge on any atom is -0.260 e. The fraction of sp³-hybridized carbons (Fsp3) is 0.412. The van der Waals surface area contributed by atoms with E-state index in [4.69, 9.17) is 0 Å². The first kappa shape index (κ1) is 16.1. The van der Waals surface area contributed by atoms with Crippen molar-refractivity contribution >= 4 is 40.4 Å². The Labute approximate surface area is 149 Å². The molecular weight excluding hydrogens is 338 g/mol. The normalized spacial score (nSPS) is 23.4. The Morgan fingerprint density at radius 1 is 1.28 bits per heavy atom. The molecule has 1 aliphatic carbocycles. The zero-order valence-electron chi connectivity index (χ0n) is 14.0. The lowest BCUT2D eigenvalue weighted by atomic mass is 10.0. The summed E-state index contributed by atoms with van der Waals surface area (Å²) in [6.07, 6.45) is 3.87. The van der Waals surface area contributed by atoms with Gasteiger partial charge in [-0.3, -0.25) is 9.78 Å². The van der Waals surface area contributed by atoms with E-state index in [9.17, 15) is 9.59 Å². The summed E-state index contributed by atoms with van der Waals surface area (Å²) < 4.78 is 1.46. The number of hydrogen-bond acceptors (Lipinski definition) is 6. The highest BCUT2D eigenvalue weighted by Gasteiger charge is 2.50. The molecule has 1 aromatic heterocycles. The van der Waals surface area contributed by atoms with Crippen LogP contribution < -0.4 is 0 Å². The molecule has 0 aromatic carbocycles. The Hall–Kier alpha value is -2.35. The number of nitrogens with zero attached hydrogens (tertiary/aromatic N) is 5. The highest BCUT2D eigenvalue weighted by atomic mass is 32.2. The van der Waals surface area contributed by atoms with Gasteiger partial charge in [0.1, 0.15) is 5.04 Å². The second kappa shape index (κ2) is 6.18. The average Bonchev–Trinajstić information content (AvgIpc) is 3.48. The number of amidine groups is 2. The number of carbonyl (C=O) groups excluding carboxylic acids is 2. The fourth-order valence-corrected chi connectivity index (χ4v) is 3.86. The van der Waals surface area contributed by atoms with Gasteiger partial charge in [-0.1, -0.05) is 11.1 Å². The molecule has 1 atom stereocenters. The zero-order chi connectivity index (χ0) is 17.6. The van der Waals surface area contributed by atoms with Crippen molar-refractivity contribution in [2.45, 2.75) is 18.6 Å². The van der Waals surface area contributed by atoms with Crippen LogP contribution in [0.5, 0.6) is 0 Å². The Balaban J connectivity index is 1.69. The van der Waals surface area contributed by atoms with Gasteiger partial charge in [0.05, 0.1) is 19.8 Å². The van der Waals surface area contributed by atoms with Crippen molar-refractivity contribution in [3.8, 4) is 0 Å². The standard InChI is InChI=1S/C17H18N5O2S/c1-21-14-12(16(23)22(2)17(21)24)15(20-13(19-14)10-6-7-10)25-9-11-5-3-4-8-18-11/h3-5,8,10,12H,6-7,9H2,1-2H3/q+1. The molecule has 1 unspecified atom stereocenters. The van der Waals surface area contributed by atoms with Crippen LogP contribution in [-0.4, -0.2) is 57.2 Å². The topological polar surface area (TPSA) is 78.0 Å². The van der Waals surface area contributed by atoms with E-state index < -0.39 is 5.92 Å². The van der Waals surface area contributed by atoms with Crippen LogP contribution in [0.15, 0.2) is 34.4 Å². The first-order chi connectivity index (χ1) is 12.1. The molecule has 0 bridgehead atoms. The van der Waals surface area contributed by atoms with E-state index >= 15 is 0 Å². The van der Waals surface area contributed by atoms with E-state index in [1.165, 1.54) is 23.4 Å². The fourth-order valence-electron chi connectivity index (χ4n) is 2.86. The van der Waals surface area contributed by atoms with E-state index in [0.29, 0.717) is 22.6 Å². The third kappa shape index (κ3) is 2.90. The van der Waals surface area contributed by atoms with Crippen molar-refractivity contribution in [1.29, 1.82) is 0 Å². The van der Waals surface area contributed by atoms with Crippen LogP contribution in [0.1, 0.15) is 18.5 Å². The highest BCUT2D eigenvalue weighted by molar-refractivity contribution is 8.13. The van der Waals surface area contributed by atoms with Crippen LogP contribution in [0.2, 0.25) is 0 Å². The summed E-state index contributed by atoms with van der Waals surface area (Å²) >= 11 is 1.49. The van der Waals surface area contributed by atoms with Gasteiger partial charge in [-0.05, 0) is 25.0 Å². The molecule has 1 fully saturated rings. The van der Waals surface area contributed by atoms with Gasteiger partial charge in [0.25, 0.3) is 5.84 Å². The van der Waals surface area contributed by atoms with Crippen LogP contribution in [-0.2, 0) is 10.5 Å². The molecule has 25 heavy (non-hydrogen) atoms. The van der Waals surface area contributed by atoms with E-state index in [0.717, 1.165) is 29.3 Å². The average molecular weight is 356 g/mol. The number of urea groups is 1. The second-order valence-corrected chi connectivity index (χ2v) is 7.33. The second-order valence-electron chi connectivity index (χ2n) is 6.33. The number of carbonyl (C=O) groups is 2. The van der Waals surface area contributed by atoms with Crippen molar-refractivity contribution < 1.29 is 14.2 Å². The molecule has 1 aromatic rings. The number of rotatable bonds is 3. The predicted molar refractivity (Wildman–Crippen MR) is 96.0 cm³/mol. The summed E-state index contributed by atoms with van der Waals surface area (Å²) in [6, 6.07) is 5.40. The molecule has 128 valence electrons. The van der Waals surface area contributed by atoms with Crippen molar-refractivity contribution in [2.24, 2.45) is 21.8 Å². The van der Waals surface area contributed by atoms with Gasteiger partial charge in [-0.25, -0.2) is 9.79 Å². The Morgan fingerprint density at radius 3 is 2.76 bits per heavy atom. The molecule has 8 heteroatoms. The van der Waals surface area contributed by atoms with Crippen molar-refractivity contribution in [3.63, 3.8) is 0 Å². The minimum absolute atomic E-state index is 0.274. The lowest BCUT2D eigenvalue weighted by Crippen LogP contribution is -2.54. The number of pyridine rings is 1. The molecule has 7 nitrogen and oxygen atoms in total. The van der Waals surface area contributed by atoms with Gasteiger partial charge in [0.15, 0.2) is 5.92 Å². The number of hydrogen-bond donors (Lipinski definition) is 0. The number of aliphatic imine (C=N–C) groups is 2. The lowest BCUT2D eigenvalue weighted by molar-refractivity contribution is -0.407. The maximum atomic E-state index is 12.7. The van der Waals surface area contributed by atoms with E-state index in [2.05, 4.69) is 15.0 Å². The van der Waals surface area contributed by atoms with Gasteiger partial charge in [0.2, 0.25) is 5.84 Å². The highest BCUT2D eigenvalue weighted by Crippen LogP contribution is 2.35. The van der Waals surface area contributed by atoms with Crippen LogP contribution in [0.4, 0.5) is 4.79 Å². The molecule has 3 aliphatic rings. The maximum absolute atomic E-state index is 12.7. The zero-order valence-corrected chi connectivity index (χ0v) is 14.9. The van der Waals surface area contributed by atoms with Gasteiger partial charge in [-0.2, -0.15) is 9.48 Å². The molecule has 0 spiro atoms. The Morgan fingerprint density at radius 2 is 2.08 bits per heavy atom. The number of thioether (sulfide) groups is 1. The minimum atomic E-state index is -0.607.